The fourth-order valence-electron chi connectivity index (χ4n) is 4.01. The van der Waals surface area contributed by atoms with Crippen LogP contribution in [-0.2, 0) is 11.3 Å². The molecule has 0 aliphatic rings. The van der Waals surface area contributed by atoms with Crippen molar-refractivity contribution in [2.75, 3.05) is 6.61 Å². The molecule has 1 N–H and O–H groups in total. The molecule has 4 nitrogen and oxygen atoms in total. The molecular formula is C29H28FNO3. The summed E-state index contributed by atoms with van der Waals surface area (Å²) in [5.74, 6) is 0.178. The van der Waals surface area contributed by atoms with E-state index in [1.807, 2.05) is 26.8 Å². The third kappa shape index (κ3) is 4.88. The highest BCUT2D eigenvalue weighted by Gasteiger charge is 2.19. The summed E-state index contributed by atoms with van der Waals surface area (Å²) in [4.78, 5) is 12.6. The van der Waals surface area contributed by atoms with Crippen LogP contribution in [0.15, 0.2) is 71.4 Å². The van der Waals surface area contributed by atoms with E-state index in [2.05, 4.69) is 36.5 Å². The van der Waals surface area contributed by atoms with Gasteiger partial charge in [0.1, 0.15) is 17.1 Å². The Morgan fingerprint density at radius 3 is 2.47 bits per heavy atom. The van der Waals surface area contributed by atoms with Crippen molar-refractivity contribution in [3.8, 4) is 16.9 Å². The first kappa shape index (κ1) is 23.3. The van der Waals surface area contributed by atoms with Crippen LogP contribution in [0.2, 0.25) is 0 Å². The Morgan fingerprint density at radius 1 is 1.09 bits per heavy atom. The predicted molar refractivity (Wildman–Crippen MR) is 134 cm³/mol. The quantitative estimate of drug-likeness (QED) is 0.305. The van der Waals surface area contributed by atoms with Gasteiger partial charge >= 0.3 is 0 Å². The third-order valence-corrected chi connectivity index (χ3v) is 5.85. The van der Waals surface area contributed by atoms with Crippen LogP contribution in [0.25, 0.3) is 27.7 Å². The minimum Gasteiger partial charge on any atom is -0.493 e. The van der Waals surface area contributed by atoms with E-state index in [1.54, 1.807) is 24.5 Å². The van der Waals surface area contributed by atoms with Gasteiger partial charge in [-0.2, -0.15) is 0 Å². The number of furan rings is 1. The Kier molecular flexibility index (Phi) is 6.82. The number of hydrogen-bond acceptors (Lipinski definition) is 3. The first-order valence-corrected chi connectivity index (χ1v) is 11.3. The van der Waals surface area contributed by atoms with Crippen molar-refractivity contribution in [1.29, 1.82) is 0 Å². The second-order valence-corrected chi connectivity index (χ2v) is 8.37. The minimum absolute atomic E-state index is 0.229. The lowest BCUT2D eigenvalue weighted by Crippen LogP contribution is -2.20. The van der Waals surface area contributed by atoms with Crippen LogP contribution >= 0.6 is 0 Å². The molecule has 1 amide bonds. The van der Waals surface area contributed by atoms with Gasteiger partial charge in [-0.05, 0) is 62.6 Å². The standard InChI is InChI=1S/C29H28FNO3/c1-5-33-28-20(4)29-25(26(17-34-29)22-10-6-18(2)7-11-22)15-24(28)19(3)14-27(32)31-16-21-8-12-23(30)13-9-21/h6-15,17H,5,16H2,1-4H3,(H,31,32)/b19-14+. The number of allylic oxidation sites excluding steroid dienone is 1. The van der Waals surface area contributed by atoms with E-state index >= 15 is 0 Å². The summed E-state index contributed by atoms with van der Waals surface area (Å²) in [7, 11) is 0. The van der Waals surface area contributed by atoms with Gasteiger partial charge in [0, 0.05) is 34.7 Å². The Labute approximate surface area is 199 Å². The van der Waals surface area contributed by atoms with Gasteiger partial charge in [-0.3, -0.25) is 4.79 Å². The maximum absolute atomic E-state index is 13.1. The highest BCUT2D eigenvalue weighted by atomic mass is 19.1. The van der Waals surface area contributed by atoms with Crippen LogP contribution in [0, 0.1) is 19.7 Å². The lowest BCUT2D eigenvalue weighted by molar-refractivity contribution is -0.116. The van der Waals surface area contributed by atoms with Gasteiger partial charge in [-0.15, -0.1) is 0 Å². The second kappa shape index (κ2) is 9.96. The number of halogens is 1. The maximum atomic E-state index is 13.1. The summed E-state index contributed by atoms with van der Waals surface area (Å²) < 4.78 is 25.0. The van der Waals surface area contributed by atoms with Crippen molar-refractivity contribution in [2.24, 2.45) is 0 Å². The molecule has 0 unspecified atom stereocenters. The number of nitrogens with one attached hydrogen (secondary N) is 1. The molecule has 5 heteroatoms. The van der Waals surface area contributed by atoms with E-state index < -0.39 is 0 Å². The van der Waals surface area contributed by atoms with Gasteiger partial charge in [-0.25, -0.2) is 4.39 Å². The SMILES string of the molecule is CCOc1c(/C(C)=C/C(=O)NCc2ccc(F)cc2)cc2c(-c3ccc(C)cc3)coc2c1C. The highest BCUT2D eigenvalue weighted by molar-refractivity contribution is 6.01. The summed E-state index contributed by atoms with van der Waals surface area (Å²) in [6.45, 7) is 8.67. The zero-order chi connectivity index (χ0) is 24.2. The fourth-order valence-corrected chi connectivity index (χ4v) is 4.01. The average Bonchev–Trinajstić information content (AvgIpc) is 3.25. The predicted octanol–water partition coefficient (Wildman–Crippen LogP) is 6.97. The monoisotopic (exact) mass is 457 g/mol. The van der Waals surface area contributed by atoms with Gasteiger partial charge in [0.15, 0.2) is 0 Å². The van der Waals surface area contributed by atoms with Gasteiger partial charge in [-0.1, -0.05) is 42.0 Å². The van der Waals surface area contributed by atoms with Gasteiger partial charge in [0.05, 0.1) is 12.9 Å². The van der Waals surface area contributed by atoms with Gasteiger partial charge in [0.2, 0.25) is 5.91 Å². The van der Waals surface area contributed by atoms with E-state index in [0.29, 0.717) is 18.9 Å². The molecule has 0 atom stereocenters. The summed E-state index contributed by atoms with van der Waals surface area (Å²) in [6.07, 6.45) is 3.34. The third-order valence-electron chi connectivity index (χ3n) is 5.85. The molecule has 4 rings (SSSR count). The molecule has 4 aromatic rings. The van der Waals surface area contributed by atoms with Crippen molar-refractivity contribution in [3.05, 3.63) is 95.0 Å². The molecule has 0 bridgehead atoms. The molecule has 0 saturated heterocycles. The Hall–Kier alpha value is -3.86. The molecule has 1 heterocycles. The van der Waals surface area contributed by atoms with Crippen LogP contribution in [0.1, 0.15) is 36.1 Å². The second-order valence-electron chi connectivity index (χ2n) is 8.37. The number of ether oxygens (including phenoxy) is 1. The summed E-state index contributed by atoms with van der Waals surface area (Å²) in [6, 6.07) is 16.4. The molecule has 1 aromatic heterocycles. The van der Waals surface area contributed by atoms with Crippen LogP contribution in [0.3, 0.4) is 0 Å². The normalized spacial score (nSPS) is 11.6. The number of rotatable bonds is 7. The molecule has 0 radical (unpaired) electrons. The molecule has 0 aliphatic carbocycles. The first-order chi connectivity index (χ1) is 16.4. The van der Waals surface area contributed by atoms with E-state index in [9.17, 15) is 9.18 Å². The van der Waals surface area contributed by atoms with Crippen molar-refractivity contribution in [2.45, 2.75) is 34.2 Å². The molecule has 0 saturated carbocycles. The number of carbonyl (C=O) groups excluding carboxylic acids is 1. The van der Waals surface area contributed by atoms with Crippen molar-refractivity contribution < 1.29 is 18.3 Å². The Morgan fingerprint density at radius 2 is 1.79 bits per heavy atom. The molecule has 0 fully saturated rings. The van der Waals surface area contributed by atoms with Crippen molar-refractivity contribution in [1.82, 2.24) is 5.32 Å². The molecule has 0 spiro atoms. The first-order valence-electron chi connectivity index (χ1n) is 11.3. The lowest BCUT2D eigenvalue weighted by Gasteiger charge is -2.15. The van der Waals surface area contributed by atoms with Gasteiger partial charge in [0.25, 0.3) is 0 Å². The zero-order valence-corrected chi connectivity index (χ0v) is 19.9. The lowest BCUT2D eigenvalue weighted by atomic mass is 9.96. The number of benzene rings is 3. The smallest absolute Gasteiger partial charge is 0.244 e. The fraction of sp³-hybridized carbons (Fsp3) is 0.207. The van der Waals surface area contributed by atoms with E-state index in [4.69, 9.17) is 9.15 Å². The minimum atomic E-state index is -0.302. The summed E-state index contributed by atoms with van der Waals surface area (Å²) >= 11 is 0. The van der Waals surface area contributed by atoms with Crippen LogP contribution in [-0.4, -0.2) is 12.5 Å². The number of hydrogen-bond donors (Lipinski definition) is 1. The molecule has 34 heavy (non-hydrogen) atoms. The molecule has 174 valence electrons. The largest absolute Gasteiger partial charge is 0.493 e. The number of carbonyl (C=O) groups is 1. The summed E-state index contributed by atoms with van der Waals surface area (Å²) in [5, 5.41) is 3.83. The molecular weight excluding hydrogens is 429 g/mol. The van der Waals surface area contributed by atoms with Crippen LogP contribution in [0.4, 0.5) is 4.39 Å². The number of amides is 1. The van der Waals surface area contributed by atoms with E-state index in [-0.39, 0.29) is 11.7 Å². The Balaban J connectivity index is 1.69. The maximum Gasteiger partial charge on any atom is 0.244 e. The topological polar surface area (TPSA) is 51.5 Å². The summed E-state index contributed by atoms with van der Waals surface area (Å²) in [5.41, 5.74) is 7.38. The van der Waals surface area contributed by atoms with E-state index in [1.165, 1.54) is 17.7 Å². The van der Waals surface area contributed by atoms with Crippen LogP contribution in [0.5, 0.6) is 5.75 Å². The van der Waals surface area contributed by atoms with E-state index in [0.717, 1.165) is 44.4 Å². The van der Waals surface area contributed by atoms with Crippen molar-refractivity contribution in [3.63, 3.8) is 0 Å². The van der Waals surface area contributed by atoms with Crippen molar-refractivity contribution >= 4 is 22.4 Å². The average molecular weight is 458 g/mol. The molecule has 0 aliphatic heterocycles. The number of aryl methyl sites for hydroxylation is 2. The number of fused-ring (bicyclic) bond motifs is 1. The zero-order valence-electron chi connectivity index (χ0n) is 19.9. The van der Waals surface area contributed by atoms with Crippen LogP contribution < -0.4 is 10.1 Å². The highest BCUT2D eigenvalue weighted by Crippen LogP contribution is 2.40. The van der Waals surface area contributed by atoms with Gasteiger partial charge < -0.3 is 14.5 Å². The Bertz CT molecular complexity index is 1350. The molecule has 3 aromatic carbocycles.